The van der Waals surface area contributed by atoms with E-state index in [9.17, 15) is 0 Å². The van der Waals surface area contributed by atoms with Gasteiger partial charge in [0, 0.05) is 0 Å². The van der Waals surface area contributed by atoms with Gasteiger partial charge in [-0.05, 0) is 30.4 Å². The lowest BCUT2D eigenvalue weighted by atomic mass is 9.89. The molecule has 1 heteroatoms. The number of alkyl halides is 1. The van der Waals surface area contributed by atoms with E-state index in [0.717, 1.165) is 6.42 Å². The second-order valence-electron chi connectivity index (χ2n) is 5.12. The van der Waals surface area contributed by atoms with Crippen LogP contribution in [0.25, 0.3) is 0 Å². The van der Waals surface area contributed by atoms with Gasteiger partial charge in [0.05, 0.1) is 3.42 Å². The Hall–Kier alpha value is -0.570. The van der Waals surface area contributed by atoms with Gasteiger partial charge in [0.2, 0.25) is 0 Å². The number of hydrogen-bond donors (Lipinski definition) is 0. The molecule has 90 valence electrons. The van der Waals surface area contributed by atoms with Crippen molar-refractivity contribution < 1.29 is 0 Å². The molecule has 1 aliphatic carbocycles. The maximum atomic E-state index is 2.56. The van der Waals surface area contributed by atoms with Gasteiger partial charge in [-0.25, -0.2) is 0 Å². The lowest BCUT2D eigenvalue weighted by Crippen LogP contribution is -2.16. The fraction of sp³-hybridized carbons (Fsp3) is 0.375. The van der Waals surface area contributed by atoms with Crippen LogP contribution in [0.4, 0.5) is 0 Å². The van der Waals surface area contributed by atoms with Crippen LogP contribution in [0.5, 0.6) is 0 Å². The molecule has 0 aliphatic heterocycles. The Balaban J connectivity index is 2.26. The molecule has 0 radical (unpaired) electrons. The second-order valence-corrected chi connectivity index (χ2v) is 7.05. The molecule has 0 N–H and O–H groups in total. The second kappa shape index (κ2) is 4.97. The highest BCUT2D eigenvalue weighted by Crippen LogP contribution is 2.40. The maximum Gasteiger partial charge on any atom is 0.0687 e. The summed E-state index contributed by atoms with van der Waals surface area (Å²) in [5.74, 6) is 0.609. The van der Waals surface area contributed by atoms with Gasteiger partial charge in [-0.3, -0.25) is 0 Å². The summed E-state index contributed by atoms with van der Waals surface area (Å²) in [6, 6.07) is 9.08. The van der Waals surface area contributed by atoms with Gasteiger partial charge in [-0.2, -0.15) is 0 Å². The van der Waals surface area contributed by atoms with Crippen LogP contribution in [0.1, 0.15) is 44.2 Å². The zero-order chi connectivity index (χ0) is 12.5. The van der Waals surface area contributed by atoms with Crippen LogP contribution in [-0.2, 0) is 3.42 Å². The standard InChI is InChI=1S/C16H19I/c1-12(2)14-4-6-15(7-5-14)16(17)10-8-13(3)9-11-16/h4-10,12H,11H2,1-3H3. The summed E-state index contributed by atoms with van der Waals surface area (Å²) in [5, 5.41) is 0. The number of benzene rings is 1. The normalized spacial score (nSPS) is 23.9. The molecule has 1 aliphatic rings. The van der Waals surface area contributed by atoms with Gasteiger partial charge in [0.15, 0.2) is 0 Å². The summed E-state index contributed by atoms with van der Waals surface area (Å²) in [5.41, 5.74) is 4.19. The van der Waals surface area contributed by atoms with E-state index in [1.807, 2.05) is 0 Å². The van der Waals surface area contributed by atoms with Crippen LogP contribution in [-0.4, -0.2) is 0 Å². The largest absolute Gasteiger partial charge is 0.0796 e. The fourth-order valence-electron chi connectivity index (χ4n) is 2.07. The van der Waals surface area contributed by atoms with E-state index in [0.29, 0.717) is 5.92 Å². The van der Waals surface area contributed by atoms with E-state index >= 15 is 0 Å². The summed E-state index contributed by atoms with van der Waals surface area (Å²) in [4.78, 5) is 0. The molecule has 1 atom stereocenters. The summed E-state index contributed by atoms with van der Waals surface area (Å²) in [6.45, 7) is 6.64. The van der Waals surface area contributed by atoms with Crippen molar-refractivity contribution >= 4 is 22.6 Å². The predicted octanol–water partition coefficient (Wildman–Crippen LogP) is 5.35. The average molecular weight is 338 g/mol. The van der Waals surface area contributed by atoms with Gasteiger partial charge in [-0.1, -0.05) is 84.5 Å². The Morgan fingerprint density at radius 2 is 1.82 bits per heavy atom. The molecule has 0 fully saturated rings. The first kappa shape index (κ1) is 12.9. The first-order valence-electron chi connectivity index (χ1n) is 6.16. The predicted molar refractivity (Wildman–Crippen MR) is 83.7 cm³/mol. The molecule has 0 bridgehead atoms. The summed E-state index contributed by atoms with van der Waals surface area (Å²) in [6.07, 6.45) is 7.97. The van der Waals surface area contributed by atoms with Crippen molar-refractivity contribution in [1.82, 2.24) is 0 Å². The van der Waals surface area contributed by atoms with E-state index < -0.39 is 0 Å². The molecule has 1 aromatic rings. The first-order valence-corrected chi connectivity index (χ1v) is 7.24. The smallest absolute Gasteiger partial charge is 0.0687 e. The third kappa shape index (κ3) is 2.82. The Bertz CT molecular complexity index is 451. The van der Waals surface area contributed by atoms with Crippen molar-refractivity contribution in [1.29, 1.82) is 0 Å². The van der Waals surface area contributed by atoms with Gasteiger partial charge in [0.1, 0.15) is 0 Å². The van der Waals surface area contributed by atoms with Crippen LogP contribution in [0.2, 0.25) is 0 Å². The third-order valence-corrected chi connectivity index (χ3v) is 4.81. The molecule has 0 spiro atoms. The summed E-state index contributed by atoms with van der Waals surface area (Å²) < 4.78 is 0.146. The molecule has 0 amide bonds. The highest BCUT2D eigenvalue weighted by molar-refractivity contribution is 14.1. The quantitative estimate of drug-likeness (QED) is 0.504. The highest BCUT2D eigenvalue weighted by Gasteiger charge is 2.26. The number of halogens is 1. The minimum absolute atomic E-state index is 0.146. The van der Waals surface area contributed by atoms with Crippen LogP contribution >= 0.6 is 22.6 Å². The minimum atomic E-state index is 0.146. The molecule has 0 aromatic heterocycles. The maximum absolute atomic E-state index is 2.56. The molecule has 2 rings (SSSR count). The van der Waals surface area contributed by atoms with Crippen molar-refractivity contribution in [3.05, 3.63) is 59.2 Å². The zero-order valence-electron chi connectivity index (χ0n) is 10.7. The molecular formula is C16H19I. The van der Waals surface area contributed by atoms with Crippen molar-refractivity contribution in [3.63, 3.8) is 0 Å². The molecule has 1 aromatic carbocycles. The topological polar surface area (TPSA) is 0 Å². The van der Waals surface area contributed by atoms with Crippen molar-refractivity contribution in [2.24, 2.45) is 0 Å². The monoisotopic (exact) mass is 338 g/mol. The number of allylic oxidation sites excluding steroid dienone is 4. The van der Waals surface area contributed by atoms with Crippen molar-refractivity contribution in [2.75, 3.05) is 0 Å². The van der Waals surface area contributed by atoms with E-state index in [-0.39, 0.29) is 3.42 Å². The minimum Gasteiger partial charge on any atom is -0.0796 e. The van der Waals surface area contributed by atoms with Gasteiger partial charge < -0.3 is 0 Å². The first-order chi connectivity index (χ1) is 8.01. The summed E-state index contributed by atoms with van der Waals surface area (Å²) >= 11 is 2.56. The van der Waals surface area contributed by atoms with Crippen molar-refractivity contribution in [2.45, 2.75) is 36.5 Å². The van der Waals surface area contributed by atoms with Crippen LogP contribution in [0.3, 0.4) is 0 Å². The Morgan fingerprint density at radius 3 is 2.29 bits per heavy atom. The SMILES string of the molecule is CC1=CCC(I)(c2ccc(C(C)C)cc2)C=C1. The fourth-order valence-corrected chi connectivity index (χ4v) is 2.83. The van der Waals surface area contributed by atoms with E-state index in [2.05, 4.69) is 85.9 Å². The molecule has 0 nitrogen and oxygen atoms in total. The molecule has 17 heavy (non-hydrogen) atoms. The number of hydrogen-bond acceptors (Lipinski definition) is 0. The highest BCUT2D eigenvalue weighted by atomic mass is 127. The Kier molecular flexibility index (Phi) is 3.76. The van der Waals surface area contributed by atoms with Crippen molar-refractivity contribution in [3.8, 4) is 0 Å². The molecule has 0 saturated carbocycles. The lowest BCUT2D eigenvalue weighted by molar-refractivity contribution is 0.805. The van der Waals surface area contributed by atoms with Crippen LogP contribution in [0, 0.1) is 0 Å². The molecule has 1 unspecified atom stereocenters. The third-order valence-electron chi connectivity index (χ3n) is 3.39. The molecule has 0 saturated heterocycles. The van der Waals surface area contributed by atoms with Gasteiger partial charge in [0.25, 0.3) is 0 Å². The lowest BCUT2D eigenvalue weighted by Gasteiger charge is -2.26. The Morgan fingerprint density at radius 1 is 1.18 bits per heavy atom. The summed E-state index contributed by atoms with van der Waals surface area (Å²) in [7, 11) is 0. The van der Waals surface area contributed by atoms with Gasteiger partial charge in [-0.15, -0.1) is 0 Å². The van der Waals surface area contributed by atoms with Crippen LogP contribution in [0.15, 0.2) is 48.1 Å². The average Bonchev–Trinajstić information content (AvgIpc) is 2.33. The van der Waals surface area contributed by atoms with E-state index in [1.54, 1.807) is 0 Å². The van der Waals surface area contributed by atoms with E-state index in [4.69, 9.17) is 0 Å². The zero-order valence-corrected chi connectivity index (χ0v) is 12.9. The van der Waals surface area contributed by atoms with Crippen LogP contribution < -0.4 is 0 Å². The Labute approximate surface area is 118 Å². The molecule has 0 heterocycles. The number of rotatable bonds is 2. The molecular weight excluding hydrogens is 319 g/mol. The van der Waals surface area contributed by atoms with E-state index in [1.165, 1.54) is 16.7 Å². The van der Waals surface area contributed by atoms with Gasteiger partial charge >= 0.3 is 0 Å².